The summed E-state index contributed by atoms with van der Waals surface area (Å²) >= 11 is 0. The maximum Gasteiger partial charge on any atom is 0.354 e. The molecule has 0 aliphatic rings. The Morgan fingerprint density at radius 1 is 0.944 bits per heavy atom. The van der Waals surface area contributed by atoms with Crippen molar-refractivity contribution in [2.75, 3.05) is 0 Å². The van der Waals surface area contributed by atoms with Gasteiger partial charge >= 0.3 is 5.97 Å². The minimum Gasteiger partial charge on any atom is -0.477 e. The van der Waals surface area contributed by atoms with Crippen molar-refractivity contribution in [1.82, 2.24) is 9.97 Å². The second-order valence-electron chi connectivity index (χ2n) is 3.10. The van der Waals surface area contributed by atoms with E-state index in [9.17, 15) is 9.59 Å². The van der Waals surface area contributed by atoms with Gasteiger partial charge in [-0.1, -0.05) is 12.1 Å². The Hall–Kier alpha value is -2.76. The zero-order valence-corrected chi connectivity index (χ0v) is 9.35. The molecule has 1 amide bonds. The number of amides is 1. The van der Waals surface area contributed by atoms with Crippen molar-refractivity contribution < 1.29 is 14.7 Å². The molecule has 0 fully saturated rings. The van der Waals surface area contributed by atoms with Crippen LogP contribution >= 0.6 is 0 Å². The molecule has 2 aromatic heterocycles. The van der Waals surface area contributed by atoms with Gasteiger partial charge in [-0.3, -0.25) is 9.78 Å². The summed E-state index contributed by atoms with van der Waals surface area (Å²) in [6, 6.07) is 9.77. The van der Waals surface area contributed by atoms with Gasteiger partial charge in [0.2, 0.25) is 0 Å². The summed E-state index contributed by atoms with van der Waals surface area (Å²) in [6.07, 6.45) is 2.98. The van der Waals surface area contributed by atoms with Crippen LogP contribution in [0.25, 0.3) is 0 Å². The van der Waals surface area contributed by atoms with E-state index in [0.717, 1.165) is 0 Å². The van der Waals surface area contributed by atoms with Crippen molar-refractivity contribution in [2.24, 2.45) is 5.73 Å². The lowest BCUT2D eigenvalue weighted by molar-refractivity contribution is 0.0690. The van der Waals surface area contributed by atoms with E-state index in [1.807, 2.05) is 0 Å². The molecule has 0 radical (unpaired) electrons. The fourth-order valence-corrected chi connectivity index (χ4v) is 0.998. The first-order valence-electron chi connectivity index (χ1n) is 4.96. The van der Waals surface area contributed by atoms with Crippen LogP contribution in [0.5, 0.6) is 0 Å². The summed E-state index contributed by atoms with van der Waals surface area (Å²) in [6.45, 7) is 0. The number of carbonyl (C=O) groups is 2. The number of pyridine rings is 2. The lowest BCUT2D eigenvalue weighted by Crippen LogP contribution is -2.12. The predicted octanol–water partition coefficient (Wildman–Crippen LogP) is 0.960. The Kier molecular flexibility index (Phi) is 4.98. The van der Waals surface area contributed by atoms with E-state index in [2.05, 4.69) is 9.97 Å². The third kappa shape index (κ3) is 4.40. The van der Waals surface area contributed by atoms with E-state index >= 15 is 0 Å². The van der Waals surface area contributed by atoms with Gasteiger partial charge in [0, 0.05) is 12.4 Å². The number of nitrogens with two attached hydrogens (primary N) is 1. The van der Waals surface area contributed by atoms with Crippen molar-refractivity contribution in [3.05, 3.63) is 60.2 Å². The first-order chi connectivity index (χ1) is 8.61. The Labute approximate surface area is 103 Å². The average Bonchev–Trinajstić information content (AvgIpc) is 2.41. The fourth-order valence-electron chi connectivity index (χ4n) is 0.998. The van der Waals surface area contributed by atoms with Crippen LogP contribution in [0.3, 0.4) is 0 Å². The van der Waals surface area contributed by atoms with Gasteiger partial charge < -0.3 is 10.8 Å². The molecule has 0 aliphatic carbocycles. The highest BCUT2D eigenvalue weighted by atomic mass is 16.4. The standard InChI is InChI=1S/C6H6N2O.C6H5NO2/c7-6(9)5-3-1-2-4-8-5;8-6(9)5-3-1-2-4-7-5/h1-4H,(H2,7,9);1-4H,(H,8,9). The first kappa shape index (κ1) is 13.3. The smallest absolute Gasteiger partial charge is 0.354 e. The maximum atomic E-state index is 10.4. The Balaban J connectivity index is 0.000000180. The maximum absolute atomic E-state index is 10.4. The van der Waals surface area contributed by atoms with Gasteiger partial charge in [-0.15, -0.1) is 0 Å². The van der Waals surface area contributed by atoms with Crippen molar-refractivity contribution in [3.8, 4) is 0 Å². The van der Waals surface area contributed by atoms with Gasteiger partial charge in [0.1, 0.15) is 11.4 Å². The number of nitrogens with zero attached hydrogens (tertiary/aromatic N) is 2. The molecule has 2 aromatic rings. The summed E-state index contributed by atoms with van der Waals surface area (Å²) in [7, 11) is 0. The number of hydrogen-bond acceptors (Lipinski definition) is 4. The number of rotatable bonds is 2. The molecule has 2 rings (SSSR count). The molecule has 0 saturated heterocycles. The molecule has 3 N–H and O–H groups in total. The molecule has 6 heteroatoms. The van der Waals surface area contributed by atoms with E-state index < -0.39 is 11.9 Å². The number of carboxylic acid groups (broad SMARTS) is 1. The Morgan fingerprint density at radius 3 is 1.67 bits per heavy atom. The van der Waals surface area contributed by atoms with Crippen LogP contribution in [0, 0.1) is 0 Å². The zero-order valence-electron chi connectivity index (χ0n) is 9.35. The van der Waals surface area contributed by atoms with Crippen LogP contribution in [0.4, 0.5) is 0 Å². The molecule has 0 spiro atoms. The van der Waals surface area contributed by atoms with Crippen molar-refractivity contribution in [3.63, 3.8) is 0 Å². The third-order valence-corrected chi connectivity index (χ3v) is 1.80. The van der Waals surface area contributed by atoms with Crippen LogP contribution < -0.4 is 5.73 Å². The molecule has 2 heterocycles. The molecular formula is C12H11N3O3. The van der Waals surface area contributed by atoms with Gasteiger partial charge in [0.15, 0.2) is 0 Å². The lowest BCUT2D eigenvalue weighted by atomic mass is 10.3. The Morgan fingerprint density at radius 2 is 1.44 bits per heavy atom. The highest BCUT2D eigenvalue weighted by molar-refractivity contribution is 5.90. The van der Waals surface area contributed by atoms with Gasteiger partial charge in [-0.2, -0.15) is 0 Å². The minimum atomic E-state index is -0.990. The van der Waals surface area contributed by atoms with Crippen molar-refractivity contribution in [2.45, 2.75) is 0 Å². The van der Waals surface area contributed by atoms with E-state index in [4.69, 9.17) is 10.8 Å². The van der Waals surface area contributed by atoms with Crippen molar-refractivity contribution >= 4 is 11.9 Å². The number of primary amides is 1. The number of aromatic carboxylic acids is 1. The number of hydrogen-bond donors (Lipinski definition) is 2. The molecular weight excluding hydrogens is 234 g/mol. The van der Waals surface area contributed by atoms with E-state index in [1.165, 1.54) is 18.5 Å². The summed E-state index contributed by atoms with van der Waals surface area (Å²) < 4.78 is 0. The third-order valence-electron chi connectivity index (χ3n) is 1.80. The molecule has 92 valence electrons. The lowest BCUT2D eigenvalue weighted by Gasteiger charge is -1.88. The molecule has 0 unspecified atom stereocenters. The van der Waals surface area contributed by atoms with E-state index in [0.29, 0.717) is 5.69 Å². The van der Waals surface area contributed by atoms with Gasteiger partial charge in [-0.05, 0) is 24.3 Å². The SMILES string of the molecule is NC(=O)c1ccccn1.O=C(O)c1ccccn1. The van der Waals surface area contributed by atoms with Gasteiger partial charge in [0.25, 0.3) is 5.91 Å². The summed E-state index contributed by atoms with van der Waals surface area (Å²) in [5.41, 5.74) is 5.30. The monoisotopic (exact) mass is 245 g/mol. The number of carbonyl (C=O) groups excluding carboxylic acids is 1. The summed E-state index contributed by atoms with van der Waals surface area (Å²) in [5.74, 6) is -1.48. The summed E-state index contributed by atoms with van der Waals surface area (Å²) in [5, 5.41) is 8.32. The topological polar surface area (TPSA) is 106 Å². The van der Waals surface area contributed by atoms with Crippen LogP contribution in [0.1, 0.15) is 21.0 Å². The first-order valence-corrected chi connectivity index (χ1v) is 4.96. The number of carboxylic acids is 1. The Bertz CT molecular complexity index is 465. The fraction of sp³-hybridized carbons (Fsp3) is 0. The minimum absolute atomic E-state index is 0.0810. The van der Waals surface area contributed by atoms with Crippen molar-refractivity contribution in [1.29, 1.82) is 0 Å². The van der Waals surface area contributed by atoms with E-state index in [1.54, 1.807) is 30.3 Å². The largest absolute Gasteiger partial charge is 0.477 e. The molecule has 0 aromatic carbocycles. The average molecular weight is 245 g/mol. The van der Waals surface area contributed by atoms with Crippen LogP contribution in [-0.4, -0.2) is 27.0 Å². The zero-order chi connectivity index (χ0) is 13.4. The molecule has 18 heavy (non-hydrogen) atoms. The van der Waals surface area contributed by atoms with Crippen LogP contribution in [0.2, 0.25) is 0 Å². The molecule has 0 bridgehead atoms. The second kappa shape index (κ2) is 6.74. The van der Waals surface area contributed by atoms with Crippen LogP contribution in [0.15, 0.2) is 48.8 Å². The number of aromatic nitrogens is 2. The molecule has 0 saturated carbocycles. The van der Waals surface area contributed by atoms with Crippen LogP contribution in [-0.2, 0) is 0 Å². The predicted molar refractivity (Wildman–Crippen MR) is 64.0 cm³/mol. The highest BCUT2D eigenvalue weighted by Gasteiger charge is 1.99. The molecule has 6 nitrogen and oxygen atoms in total. The summed E-state index contributed by atoms with van der Waals surface area (Å²) in [4.78, 5) is 27.8. The second-order valence-corrected chi connectivity index (χ2v) is 3.10. The van der Waals surface area contributed by atoms with Gasteiger partial charge in [-0.25, -0.2) is 9.78 Å². The molecule has 0 atom stereocenters. The van der Waals surface area contributed by atoms with E-state index in [-0.39, 0.29) is 5.69 Å². The van der Waals surface area contributed by atoms with Gasteiger partial charge in [0.05, 0.1) is 0 Å². The molecule has 0 aliphatic heterocycles. The highest BCUT2D eigenvalue weighted by Crippen LogP contribution is 1.90. The quantitative estimate of drug-likeness (QED) is 0.819. The normalized spacial score (nSPS) is 8.89.